The van der Waals surface area contributed by atoms with Gasteiger partial charge in [-0.25, -0.2) is 0 Å². The predicted octanol–water partition coefficient (Wildman–Crippen LogP) is 2.26. The Balaban J connectivity index is 2.40. The number of halogens is 3. The van der Waals surface area contributed by atoms with Gasteiger partial charge in [0.25, 0.3) is 5.91 Å². The summed E-state index contributed by atoms with van der Waals surface area (Å²) in [5.74, 6) is -1.11. The lowest BCUT2D eigenvalue weighted by Crippen LogP contribution is -2.37. The number of amides is 2. The first kappa shape index (κ1) is 17.3. The van der Waals surface area contributed by atoms with E-state index >= 15 is 0 Å². The van der Waals surface area contributed by atoms with E-state index in [2.05, 4.69) is 5.32 Å². The number of benzene rings is 1. The van der Waals surface area contributed by atoms with Crippen molar-refractivity contribution in [3.05, 3.63) is 29.3 Å². The van der Waals surface area contributed by atoms with Gasteiger partial charge in [-0.15, -0.1) is 0 Å². The number of nitrogens with zero attached hydrogens (tertiary/aromatic N) is 1. The normalized spacial score (nSPS) is 18.1. The molecule has 1 saturated heterocycles. The van der Waals surface area contributed by atoms with Crippen molar-refractivity contribution in [3.63, 3.8) is 0 Å². The van der Waals surface area contributed by atoms with Gasteiger partial charge in [0.15, 0.2) is 0 Å². The van der Waals surface area contributed by atoms with E-state index in [1.54, 1.807) is 0 Å². The molecule has 0 bridgehead atoms. The number of nitrogens with one attached hydrogen (secondary N) is 1. The van der Waals surface area contributed by atoms with E-state index in [1.165, 1.54) is 17.9 Å². The summed E-state index contributed by atoms with van der Waals surface area (Å²) in [5.41, 5.74) is -1.26. The third kappa shape index (κ3) is 4.01. The van der Waals surface area contributed by atoms with Gasteiger partial charge in [-0.2, -0.15) is 13.2 Å². The lowest BCUT2D eigenvalue weighted by molar-refractivity contribution is -0.137. The minimum absolute atomic E-state index is 0.0876. The summed E-state index contributed by atoms with van der Waals surface area (Å²) in [4.78, 5) is 24.9. The molecule has 1 aliphatic heterocycles. The molecule has 2 rings (SSSR count). The fraction of sp³-hybridized carbons (Fsp3) is 0.467. The van der Waals surface area contributed by atoms with Gasteiger partial charge < -0.3 is 15.3 Å². The maximum Gasteiger partial charge on any atom is 0.416 e. The van der Waals surface area contributed by atoms with Gasteiger partial charge in [-0.05, 0) is 31.0 Å². The highest BCUT2D eigenvalue weighted by Crippen LogP contribution is 2.33. The number of likely N-dealkylation sites (tertiary alicyclic amines) is 1. The van der Waals surface area contributed by atoms with E-state index < -0.39 is 23.6 Å². The second kappa shape index (κ2) is 6.57. The van der Waals surface area contributed by atoms with E-state index in [1.807, 2.05) is 0 Å². The summed E-state index contributed by atoms with van der Waals surface area (Å²) in [5, 5.41) is 11.5. The summed E-state index contributed by atoms with van der Waals surface area (Å²) in [6.07, 6.45) is -3.33. The van der Waals surface area contributed by atoms with Gasteiger partial charge in [-0.1, -0.05) is 0 Å². The Morgan fingerprint density at radius 2 is 2.04 bits per heavy atom. The molecule has 1 aromatic carbocycles. The molecule has 1 aliphatic rings. The van der Waals surface area contributed by atoms with Crippen molar-refractivity contribution in [1.29, 1.82) is 0 Å². The second-order valence-corrected chi connectivity index (χ2v) is 5.46. The Morgan fingerprint density at radius 1 is 1.35 bits per heavy atom. The number of anilines is 1. The van der Waals surface area contributed by atoms with Gasteiger partial charge >= 0.3 is 6.18 Å². The monoisotopic (exact) mass is 330 g/mol. The molecular formula is C15H17F3N2O3. The van der Waals surface area contributed by atoms with Crippen LogP contribution in [0, 0.1) is 0 Å². The lowest BCUT2D eigenvalue weighted by atomic mass is 10.1. The molecule has 1 heterocycles. The van der Waals surface area contributed by atoms with Crippen molar-refractivity contribution in [2.45, 2.75) is 32.0 Å². The Hall–Kier alpha value is -2.09. The molecule has 126 valence electrons. The third-order valence-electron chi connectivity index (χ3n) is 3.68. The third-order valence-corrected chi connectivity index (χ3v) is 3.68. The van der Waals surface area contributed by atoms with Crippen LogP contribution >= 0.6 is 0 Å². The number of carbonyl (C=O) groups is 2. The SMILES string of the molecule is CC(=O)Nc1cc(C(=O)N2CCC[C@@H]2CO)cc(C(F)(F)F)c1. The molecule has 23 heavy (non-hydrogen) atoms. The van der Waals surface area contributed by atoms with Gasteiger partial charge in [0.1, 0.15) is 0 Å². The molecule has 1 fully saturated rings. The molecule has 0 unspecified atom stereocenters. The van der Waals surface area contributed by atoms with Crippen LogP contribution in [-0.2, 0) is 11.0 Å². The fourth-order valence-electron chi connectivity index (χ4n) is 2.65. The summed E-state index contributed by atoms with van der Waals surface area (Å²) in [6, 6.07) is 2.37. The van der Waals surface area contributed by atoms with Crippen LogP contribution in [0.15, 0.2) is 18.2 Å². The molecule has 1 atom stereocenters. The first-order valence-corrected chi connectivity index (χ1v) is 7.14. The van der Waals surface area contributed by atoms with Crippen LogP contribution in [-0.4, -0.2) is 41.0 Å². The van der Waals surface area contributed by atoms with Gasteiger partial charge in [0.2, 0.25) is 5.91 Å². The van der Waals surface area contributed by atoms with E-state index in [0.29, 0.717) is 19.4 Å². The quantitative estimate of drug-likeness (QED) is 0.893. The minimum atomic E-state index is -4.63. The van der Waals surface area contributed by atoms with E-state index in [-0.39, 0.29) is 23.9 Å². The summed E-state index contributed by atoms with van der Waals surface area (Å²) >= 11 is 0. The molecule has 5 nitrogen and oxygen atoms in total. The number of hydrogen-bond acceptors (Lipinski definition) is 3. The van der Waals surface area contributed by atoms with E-state index in [4.69, 9.17) is 0 Å². The number of carbonyl (C=O) groups excluding carboxylic acids is 2. The Morgan fingerprint density at radius 3 is 2.61 bits per heavy atom. The molecule has 0 aromatic heterocycles. The zero-order valence-corrected chi connectivity index (χ0v) is 12.5. The standard InChI is InChI=1S/C15H17F3N2O3/c1-9(22)19-12-6-10(5-11(7-12)15(16,17)18)14(23)20-4-2-3-13(20)8-21/h5-7,13,21H,2-4,8H2,1H3,(H,19,22)/t13-/m1/s1. The zero-order chi connectivity index (χ0) is 17.2. The predicted molar refractivity (Wildman–Crippen MR) is 76.9 cm³/mol. The molecular weight excluding hydrogens is 313 g/mol. The first-order chi connectivity index (χ1) is 10.7. The lowest BCUT2D eigenvalue weighted by Gasteiger charge is -2.23. The molecule has 2 amide bonds. The molecule has 0 radical (unpaired) electrons. The number of aliphatic hydroxyl groups is 1. The Kier molecular flexibility index (Phi) is 4.93. The van der Waals surface area contributed by atoms with Crippen LogP contribution < -0.4 is 5.32 Å². The molecule has 8 heteroatoms. The van der Waals surface area contributed by atoms with Crippen molar-refractivity contribution in [3.8, 4) is 0 Å². The van der Waals surface area contributed by atoms with Crippen LogP contribution in [0.4, 0.5) is 18.9 Å². The summed E-state index contributed by atoms with van der Waals surface area (Å²) < 4.78 is 39.0. The van der Waals surface area contributed by atoms with Crippen LogP contribution in [0.2, 0.25) is 0 Å². The number of hydrogen-bond donors (Lipinski definition) is 2. The highest BCUT2D eigenvalue weighted by Gasteiger charge is 2.34. The fourth-order valence-corrected chi connectivity index (χ4v) is 2.65. The van der Waals surface area contributed by atoms with Crippen LogP contribution in [0.3, 0.4) is 0 Å². The average molecular weight is 330 g/mol. The average Bonchev–Trinajstić information content (AvgIpc) is 2.92. The van der Waals surface area contributed by atoms with Crippen molar-refractivity contribution >= 4 is 17.5 Å². The highest BCUT2D eigenvalue weighted by molar-refractivity contribution is 5.97. The topological polar surface area (TPSA) is 69.6 Å². The molecule has 2 N–H and O–H groups in total. The van der Waals surface area contributed by atoms with Crippen LogP contribution in [0.1, 0.15) is 35.7 Å². The van der Waals surface area contributed by atoms with Crippen molar-refractivity contribution in [1.82, 2.24) is 4.90 Å². The maximum absolute atomic E-state index is 13.0. The van der Waals surface area contributed by atoms with Crippen molar-refractivity contribution in [2.75, 3.05) is 18.5 Å². The van der Waals surface area contributed by atoms with E-state index in [0.717, 1.165) is 12.1 Å². The maximum atomic E-state index is 13.0. The molecule has 1 aromatic rings. The number of aliphatic hydroxyl groups excluding tert-OH is 1. The van der Waals surface area contributed by atoms with Crippen LogP contribution in [0.25, 0.3) is 0 Å². The van der Waals surface area contributed by atoms with Crippen LogP contribution in [0.5, 0.6) is 0 Å². The van der Waals surface area contributed by atoms with Gasteiger partial charge in [0.05, 0.1) is 18.2 Å². The molecule has 0 spiro atoms. The molecule has 0 saturated carbocycles. The summed E-state index contributed by atoms with van der Waals surface area (Å²) in [6.45, 7) is 1.32. The Labute approximate surface area is 131 Å². The zero-order valence-electron chi connectivity index (χ0n) is 12.5. The van der Waals surface area contributed by atoms with Gasteiger partial charge in [-0.3, -0.25) is 9.59 Å². The highest BCUT2D eigenvalue weighted by atomic mass is 19.4. The van der Waals surface area contributed by atoms with E-state index in [9.17, 15) is 27.9 Å². The van der Waals surface area contributed by atoms with Crippen molar-refractivity contribution in [2.24, 2.45) is 0 Å². The molecule has 0 aliphatic carbocycles. The smallest absolute Gasteiger partial charge is 0.394 e. The van der Waals surface area contributed by atoms with Crippen molar-refractivity contribution < 1.29 is 27.9 Å². The summed E-state index contributed by atoms with van der Waals surface area (Å²) in [7, 11) is 0. The largest absolute Gasteiger partial charge is 0.416 e. The second-order valence-electron chi connectivity index (χ2n) is 5.46. The minimum Gasteiger partial charge on any atom is -0.394 e. The number of alkyl halides is 3. The van der Waals surface area contributed by atoms with Gasteiger partial charge in [0, 0.05) is 24.7 Å². The first-order valence-electron chi connectivity index (χ1n) is 7.14. The number of rotatable bonds is 3. The Bertz CT molecular complexity index is 616.